The van der Waals surface area contributed by atoms with E-state index >= 15 is 0 Å². The molecule has 112 valence electrons. The van der Waals surface area contributed by atoms with Crippen LogP contribution in [-0.4, -0.2) is 4.98 Å². The molecule has 0 fully saturated rings. The normalized spacial score (nSPS) is 19.9. The Hall–Kier alpha value is -1.86. The number of nitrogens with zero attached hydrogens (tertiary/aromatic N) is 3. The van der Waals surface area contributed by atoms with Crippen molar-refractivity contribution in [2.75, 3.05) is 5.01 Å². The number of hydrogen-bond donors (Lipinski definition) is 1. The fraction of sp³-hybridized carbons (Fsp3) is 0.143. The van der Waals surface area contributed by atoms with Gasteiger partial charge in [0.05, 0.1) is 12.7 Å². The van der Waals surface area contributed by atoms with E-state index in [0.29, 0.717) is 5.56 Å². The topological polar surface area (TPSA) is 52.0 Å². The summed E-state index contributed by atoms with van der Waals surface area (Å²) in [5, 5.41) is 10.7. The van der Waals surface area contributed by atoms with Crippen LogP contribution in [0.15, 0.2) is 30.5 Å². The minimum Gasteiger partial charge on any atom is -0.285 e. The van der Waals surface area contributed by atoms with E-state index in [1.54, 1.807) is 22.6 Å². The van der Waals surface area contributed by atoms with Crippen molar-refractivity contribution in [3.63, 3.8) is 0 Å². The average molecular weight is 416 g/mol. The maximum atomic E-state index is 13.8. The summed E-state index contributed by atoms with van der Waals surface area (Å²) in [6.45, 7) is -0.184. The molecule has 0 radical (unpaired) electrons. The molecule has 8 heteroatoms. The quantitative estimate of drug-likeness (QED) is 0.465. The molecule has 0 spiro atoms. The molecule has 1 aromatic carbocycles. The van der Waals surface area contributed by atoms with Crippen LogP contribution in [0.25, 0.3) is 0 Å². The second-order valence-electron chi connectivity index (χ2n) is 4.69. The number of benzene rings is 1. The van der Waals surface area contributed by atoms with Crippen LogP contribution in [0.1, 0.15) is 11.1 Å². The molecule has 1 unspecified atom stereocenters. The number of aromatic nitrogens is 1. The van der Waals surface area contributed by atoms with Crippen LogP contribution < -0.4 is 10.4 Å². The second kappa shape index (κ2) is 5.40. The van der Waals surface area contributed by atoms with Crippen LogP contribution in [0.2, 0.25) is 0 Å². The van der Waals surface area contributed by atoms with E-state index in [1.807, 2.05) is 6.07 Å². The van der Waals surface area contributed by atoms with Crippen LogP contribution in [0.5, 0.6) is 0 Å². The van der Waals surface area contributed by atoms with Gasteiger partial charge in [0.25, 0.3) is 0 Å². The van der Waals surface area contributed by atoms with Gasteiger partial charge in [-0.05, 0) is 40.8 Å². The molecule has 22 heavy (non-hydrogen) atoms. The maximum Gasteiger partial charge on any atom is 0.203 e. The summed E-state index contributed by atoms with van der Waals surface area (Å²) >= 11 is 1.80. The van der Waals surface area contributed by atoms with E-state index in [-0.39, 0.29) is 17.9 Å². The Morgan fingerprint density at radius 1 is 1.32 bits per heavy atom. The number of anilines is 1. The molecule has 1 aliphatic rings. The van der Waals surface area contributed by atoms with Gasteiger partial charge in [-0.25, -0.2) is 18.2 Å². The third kappa shape index (κ3) is 2.40. The Kier molecular flexibility index (Phi) is 3.70. The van der Waals surface area contributed by atoms with E-state index < -0.39 is 21.0 Å². The van der Waals surface area contributed by atoms with Crippen LogP contribution in [0.3, 0.4) is 0 Å². The van der Waals surface area contributed by atoms with Gasteiger partial charge in [-0.2, -0.15) is 10.7 Å². The molecule has 0 saturated heterocycles. The standard InChI is InChI=1S/C14H8F3IN4/c15-8-4-10-13(20-5-8)22(21-14(10,18)7-19)6-9-11(16)2-1-3-12(9)17/h1-5,21H,6H2. The number of alkyl halides is 1. The zero-order chi connectivity index (χ0) is 15.9. The SMILES string of the molecule is N#CC1(I)NN(Cc2c(F)cccc2F)c2ncc(F)cc21. The molecular formula is C14H8F3IN4. The van der Waals surface area contributed by atoms with Crippen LogP contribution in [-0.2, 0) is 10.1 Å². The molecular weight excluding hydrogens is 408 g/mol. The lowest BCUT2D eigenvalue weighted by molar-refractivity contribution is 0.530. The first-order valence-corrected chi connectivity index (χ1v) is 7.27. The van der Waals surface area contributed by atoms with Gasteiger partial charge >= 0.3 is 0 Å². The Morgan fingerprint density at radius 3 is 2.64 bits per heavy atom. The van der Waals surface area contributed by atoms with Crippen LogP contribution in [0.4, 0.5) is 19.0 Å². The van der Waals surface area contributed by atoms with Crippen molar-refractivity contribution in [2.24, 2.45) is 0 Å². The zero-order valence-electron chi connectivity index (χ0n) is 10.9. The highest BCUT2D eigenvalue weighted by Gasteiger charge is 2.42. The average Bonchev–Trinajstić information content (AvgIpc) is 2.76. The summed E-state index contributed by atoms with van der Waals surface area (Å²) in [6, 6.07) is 6.76. The van der Waals surface area contributed by atoms with Crippen LogP contribution >= 0.6 is 22.6 Å². The first kappa shape index (κ1) is 15.1. The third-order valence-corrected chi connectivity index (χ3v) is 4.34. The van der Waals surface area contributed by atoms with Gasteiger partial charge in [-0.3, -0.25) is 5.01 Å². The van der Waals surface area contributed by atoms with E-state index in [9.17, 15) is 18.4 Å². The molecule has 0 amide bonds. The number of halogens is 4. The largest absolute Gasteiger partial charge is 0.285 e. The second-order valence-corrected chi connectivity index (χ2v) is 6.31. The first-order valence-electron chi connectivity index (χ1n) is 6.19. The summed E-state index contributed by atoms with van der Waals surface area (Å²) < 4.78 is 39.7. The molecule has 1 N–H and O–H groups in total. The summed E-state index contributed by atoms with van der Waals surface area (Å²) in [5.74, 6) is -1.72. The fourth-order valence-corrected chi connectivity index (χ4v) is 2.93. The predicted octanol–water partition coefficient (Wildman–Crippen LogP) is 3.14. The minimum absolute atomic E-state index is 0.161. The summed E-state index contributed by atoms with van der Waals surface area (Å²) in [5.41, 5.74) is 2.96. The number of nitrogens with one attached hydrogen (secondary N) is 1. The fourth-order valence-electron chi connectivity index (χ4n) is 2.24. The highest BCUT2D eigenvalue weighted by atomic mass is 127. The van der Waals surface area contributed by atoms with Gasteiger partial charge in [-0.15, -0.1) is 0 Å². The van der Waals surface area contributed by atoms with Gasteiger partial charge in [0.1, 0.15) is 29.3 Å². The molecule has 2 heterocycles. The first-order chi connectivity index (χ1) is 10.4. The Labute approximate surface area is 137 Å². The maximum absolute atomic E-state index is 13.8. The number of hydrogen-bond acceptors (Lipinski definition) is 4. The molecule has 2 aromatic rings. The van der Waals surface area contributed by atoms with Crippen molar-refractivity contribution in [3.05, 3.63) is 59.0 Å². The molecule has 0 aliphatic carbocycles. The highest BCUT2D eigenvalue weighted by molar-refractivity contribution is 14.1. The van der Waals surface area contributed by atoms with E-state index in [1.165, 1.54) is 17.1 Å². The number of rotatable bonds is 2. The Morgan fingerprint density at radius 2 is 2.00 bits per heavy atom. The number of hydrazine groups is 1. The van der Waals surface area contributed by atoms with Gasteiger partial charge in [0.2, 0.25) is 3.55 Å². The van der Waals surface area contributed by atoms with Crippen molar-refractivity contribution in [2.45, 2.75) is 10.1 Å². The Bertz CT molecular complexity index is 772. The lowest BCUT2D eigenvalue weighted by Crippen LogP contribution is -2.41. The summed E-state index contributed by atoms with van der Waals surface area (Å²) in [7, 11) is 0. The van der Waals surface area contributed by atoms with Crippen LogP contribution in [0, 0.1) is 28.8 Å². The minimum atomic E-state index is -1.25. The van der Waals surface area contributed by atoms with Crippen molar-refractivity contribution in [3.8, 4) is 6.07 Å². The van der Waals surface area contributed by atoms with E-state index in [2.05, 4.69) is 10.4 Å². The number of nitriles is 1. The Balaban J connectivity index is 2.03. The van der Waals surface area contributed by atoms with E-state index in [4.69, 9.17) is 0 Å². The lowest BCUT2D eigenvalue weighted by atomic mass is 10.1. The van der Waals surface area contributed by atoms with E-state index in [0.717, 1.165) is 18.3 Å². The highest BCUT2D eigenvalue weighted by Crippen LogP contribution is 2.41. The van der Waals surface area contributed by atoms with Crippen molar-refractivity contribution in [1.29, 1.82) is 5.26 Å². The molecule has 0 bridgehead atoms. The van der Waals surface area contributed by atoms with Gasteiger partial charge in [0, 0.05) is 11.1 Å². The number of fused-ring (bicyclic) bond motifs is 1. The monoisotopic (exact) mass is 416 g/mol. The molecule has 1 aromatic heterocycles. The summed E-state index contributed by atoms with van der Waals surface area (Å²) in [4.78, 5) is 3.93. The zero-order valence-corrected chi connectivity index (χ0v) is 13.1. The smallest absolute Gasteiger partial charge is 0.203 e. The molecule has 1 atom stereocenters. The van der Waals surface area contributed by atoms with Crippen molar-refractivity contribution < 1.29 is 13.2 Å². The predicted molar refractivity (Wildman–Crippen MR) is 81.2 cm³/mol. The molecule has 3 rings (SSSR count). The molecule has 4 nitrogen and oxygen atoms in total. The van der Waals surface area contributed by atoms with Gasteiger partial charge < -0.3 is 0 Å². The van der Waals surface area contributed by atoms with Crippen molar-refractivity contribution >= 4 is 28.4 Å². The summed E-state index contributed by atoms with van der Waals surface area (Å²) in [6.07, 6.45) is 0.991. The molecule has 0 saturated carbocycles. The third-order valence-electron chi connectivity index (χ3n) is 3.28. The van der Waals surface area contributed by atoms with Gasteiger partial charge in [-0.1, -0.05) is 6.07 Å². The van der Waals surface area contributed by atoms with Crippen molar-refractivity contribution in [1.82, 2.24) is 10.4 Å². The number of pyridine rings is 1. The van der Waals surface area contributed by atoms with Gasteiger partial charge in [0.15, 0.2) is 0 Å². The molecule has 1 aliphatic heterocycles. The lowest BCUT2D eigenvalue weighted by Gasteiger charge is -2.21.